The number of nitrogens with one attached hydrogen (secondary N) is 1. The second-order valence-electron chi connectivity index (χ2n) is 7.58. The molecule has 6 nitrogen and oxygen atoms in total. The van der Waals surface area contributed by atoms with Gasteiger partial charge < -0.3 is 15.3 Å². The normalized spacial score (nSPS) is 15.5. The first-order valence-corrected chi connectivity index (χ1v) is 10.3. The molecule has 0 aliphatic carbocycles. The van der Waals surface area contributed by atoms with Gasteiger partial charge in [-0.25, -0.2) is 9.37 Å². The second kappa shape index (κ2) is 9.68. The van der Waals surface area contributed by atoms with Gasteiger partial charge in [0, 0.05) is 38.3 Å². The Kier molecular flexibility index (Phi) is 6.54. The minimum Gasteiger partial charge on any atom is -0.387 e. The summed E-state index contributed by atoms with van der Waals surface area (Å²) in [7, 11) is 0. The summed E-state index contributed by atoms with van der Waals surface area (Å²) in [5.41, 5.74) is 1.91. The van der Waals surface area contributed by atoms with Crippen molar-refractivity contribution in [3.8, 4) is 0 Å². The van der Waals surface area contributed by atoms with Crippen LogP contribution in [0.15, 0.2) is 72.9 Å². The van der Waals surface area contributed by atoms with Crippen LogP contribution in [0.5, 0.6) is 0 Å². The number of rotatable bonds is 6. The number of β-amino-alcohol motifs (C(OH)–C–C–N with tert-alkyl or cyclic N) is 1. The second-order valence-corrected chi connectivity index (χ2v) is 7.58. The fourth-order valence-corrected chi connectivity index (χ4v) is 3.64. The lowest BCUT2D eigenvalue weighted by molar-refractivity contribution is 0.102. The van der Waals surface area contributed by atoms with Crippen LogP contribution in [0.4, 0.5) is 15.9 Å². The zero-order chi connectivity index (χ0) is 21.6. The number of hydrogen-bond donors (Lipinski definition) is 2. The molecule has 0 unspecified atom stereocenters. The Morgan fingerprint density at radius 3 is 2.35 bits per heavy atom. The van der Waals surface area contributed by atoms with E-state index in [1.165, 1.54) is 24.3 Å². The van der Waals surface area contributed by atoms with Crippen LogP contribution in [0, 0.1) is 5.82 Å². The number of nitrogens with zero attached hydrogens (tertiary/aromatic N) is 3. The summed E-state index contributed by atoms with van der Waals surface area (Å²) in [6.45, 7) is 3.93. The summed E-state index contributed by atoms with van der Waals surface area (Å²) in [5, 5.41) is 13.2. The van der Waals surface area contributed by atoms with Gasteiger partial charge >= 0.3 is 0 Å². The predicted molar refractivity (Wildman–Crippen MR) is 119 cm³/mol. The van der Waals surface area contributed by atoms with Crippen LogP contribution in [0.1, 0.15) is 22.0 Å². The number of carbonyl (C=O) groups excluding carboxylic acids is 1. The average molecular weight is 420 g/mol. The Balaban J connectivity index is 1.28. The molecule has 1 fully saturated rings. The number of aromatic nitrogens is 1. The zero-order valence-electron chi connectivity index (χ0n) is 17.1. The summed E-state index contributed by atoms with van der Waals surface area (Å²) in [6.07, 6.45) is 1.14. The van der Waals surface area contributed by atoms with Crippen LogP contribution < -0.4 is 10.2 Å². The van der Waals surface area contributed by atoms with E-state index < -0.39 is 6.10 Å². The Hall–Kier alpha value is -3.29. The molecule has 4 rings (SSSR count). The minimum absolute atomic E-state index is 0.305. The Morgan fingerprint density at radius 1 is 1.00 bits per heavy atom. The van der Waals surface area contributed by atoms with E-state index in [-0.39, 0.29) is 11.7 Å². The predicted octanol–water partition coefficient (Wildman–Crippen LogP) is 3.33. The molecule has 160 valence electrons. The quantitative estimate of drug-likeness (QED) is 0.640. The SMILES string of the molecule is O=C(Nc1ccc(N2CCN(C[C@H](O)c3ccccc3)CC2)nc1)c1ccc(F)cc1. The first-order chi connectivity index (χ1) is 15.1. The lowest BCUT2D eigenvalue weighted by Gasteiger charge is -2.36. The van der Waals surface area contributed by atoms with Crippen LogP contribution in [-0.2, 0) is 0 Å². The fourth-order valence-electron chi connectivity index (χ4n) is 3.64. The van der Waals surface area contributed by atoms with Gasteiger partial charge in [0.05, 0.1) is 18.0 Å². The molecule has 2 N–H and O–H groups in total. The zero-order valence-corrected chi connectivity index (χ0v) is 17.1. The summed E-state index contributed by atoms with van der Waals surface area (Å²) in [4.78, 5) is 21.2. The number of aliphatic hydroxyl groups excluding tert-OH is 1. The average Bonchev–Trinajstić information content (AvgIpc) is 2.81. The van der Waals surface area contributed by atoms with E-state index in [1.54, 1.807) is 6.20 Å². The van der Waals surface area contributed by atoms with E-state index in [4.69, 9.17) is 0 Å². The number of aliphatic hydroxyl groups is 1. The molecule has 1 aromatic heterocycles. The molecule has 1 amide bonds. The van der Waals surface area contributed by atoms with Crippen molar-refractivity contribution in [1.29, 1.82) is 0 Å². The third-order valence-corrected chi connectivity index (χ3v) is 5.42. The lowest BCUT2D eigenvalue weighted by atomic mass is 10.1. The van der Waals surface area contributed by atoms with Crippen molar-refractivity contribution >= 4 is 17.4 Å². The fraction of sp³-hybridized carbons (Fsp3) is 0.250. The maximum absolute atomic E-state index is 13.0. The molecule has 0 radical (unpaired) electrons. The molecule has 1 aliphatic heterocycles. The van der Waals surface area contributed by atoms with Crippen LogP contribution in [0.25, 0.3) is 0 Å². The molecule has 1 atom stereocenters. The third kappa shape index (κ3) is 5.45. The number of anilines is 2. The van der Waals surface area contributed by atoms with Crippen molar-refractivity contribution in [2.24, 2.45) is 0 Å². The van der Waals surface area contributed by atoms with Gasteiger partial charge in [-0.05, 0) is 42.0 Å². The number of carbonyl (C=O) groups is 1. The lowest BCUT2D eigenvalue weighted by Crippen LogP contribution is -2.47. The van der Waals surface area contributed by atoms with Gasteiger partial charge in [-0.15, -0.1) is 0 Å². The van der Waals surface area contributed by atoms with Gasteiger partial charge in [0.15, 0.2) is 0 Å². The molecule has 2 aromatic carbocycles. The first-order valence-electron chi connectivity index (χ1n) is 10.3. The highest BCUT2D eigenvalue weighted by molar-refractivity contribution is 6.04. The number of halogens is 1. The van der Waals surface area contributed by atoms with Crippen LogP contribution in [-0.4, -0.2) is 53.6 Å². The van der Waals surface area contributed by atoms with E-state index in [9.17, 15) is 14.3 Å². The molecule has 1 saturated heterocycles. The molecule has 3 aromatic rings. The highest BCUT2D eigenvalue weighted by Gasteiger charge is 2.20. The molecule has 1 aliphatic rings. The number of pyridine rings is 1. The van der Waals surface area contributed by atoms with Crippen molar-refractivity contribution < 1.29 is 14.3 Å². The van der Waals surface area contributed by atoms with E-state index in [2.05, 4.69) is 20.1 Å². The van der Waals surface area contributed by atoms with Crippen molar-refractivity contribution in [1.82, 2.24) is 9.88 Å². The largest absolute Gasteiger partial charge is 0.387 e. The van der Waals surface area contributed by atoms with E-state index in [0.717, 1.165) is 37.6 Å². The summed E-state index contributed by atoms with van der Waals surface area (Å²) in [6, 6.07) is 18.8. The molecule has 2 heterocycles. The number of hydrogen-bond acceptors (Lipinski definition) is 5. The number of benzene rings is 2. The van der Waals surface area contributed by atoms with Crippen LogP contribution in [0.3, 0.4) is 0 Å². The maximum atomic E-state index is 13.0. The summed E-state index contributed by atoms with van der Waals surface area (Å²) in [5.74, 6) is 0.167. The number of piperazine rings is 1. The van der Waals surface area contributed by atoms with Crippen molar-refractivity contribution in [3.63, 3.8) is 0 Å². The van der Waals surface area contributed by atoms with Gasteiger partial charge in [0.2, 0.25) is 0 Å². The van der Waals surface area contributed by atoms with E-state index >= 15 is 0 Å². The van der Waals surface area contributed by atoms with Crippen LogP contribution in [0.2, 0.25) is 0 Å². The standard InChI is InChI=1S/C24H25FN4O2/c25-20-8-6-19(7-9-20)24(31)27-21-10-11-23(26-16-21)29-14-12-28(13-15-29)17-22(30)18-4-2-1-3-5-18/h1-11,16,22,30H,12-15,17H2,(H,27,31)/t22-/m0/s1. The van der Waals surface area contributed by atoms with Crippen LogP contribution >= 0.6 is 0 Å². The molecule has 0 saturated carbocycles. The Bertz CT molecular complexity index is 988. The van der Waals surface area contributed by atoms with Gasteiger partial charge in [-0.1, -0.05) is 30.3 Å². The topological polar surface area (TPSA) is 68.7 Å². The minimum atomic E-state index is -0.491. The Labute approximate surface area is 181 Å². The Morgan fingerprint density at radius 2 is 1.71 bits per heavy atom. The van der Waals surface area contributed by atoms with E-state index in [1.807, 2.05) is 42.5 Å². The molecule has 0 bridgehead atoms. The highest BCUT2D eigenvalue weighted by atomic mass is 19.1. The van der Waals surface area contributed by atoms with Gasteiger partial charge in [-0.2, -0.15) is 0 Å². The van der Waals surface area contributed by atoms with Crippen molar-refractivity contribution in [2.75, 3.05) is 42.9 Å². The molecular weight excluding hydrogens is 395 g/mol. The smallest absolute Gasteiger partial charge is 0.255 e. The van der Waals surface area contributed by atoms with Gasteiger partial charge in [0.25, 0.3) is 5.91 Å². The highest BCUT2D eigenvalue weighted by Crippen LogP contribution is 2.19. The molecule has 7 heteroatoms. The third-order valence-electron chi connectivity index (χ3n) is 5.42. The first kappa shape index (κ1) is 21.0. The van der Waals surface area contributed by atoms with Gasteiger partial charge in [-0.3, -0.25) is 9.69 Å². The summed E-state index contributed by atoms with van der Waals surface area (Å²) < 4.78 is 13.0. The maximum Gasteiger partial charge on any atom is 0.255 e. The molecule has 31 heavy (non-hydrogen) atoms. The van der Waals surface area contributed by atoms with Crippen molar-refractivity contribution in [2.45, 2.75) is 6.10 Å². The van der Waals surface area contributed by atoms with Gasteiger partial charge in [0.1, 0.15) is 11.6 Å². The number of amides is 1. The monoisotopic (exact) mass is 420 g/mol. The summed E-state index contributed by atoms with van der Waals surface area (Å²) >= 11 is 0. The van der Waals surface area contributed by atoms with E-state index in [0.29, 0.717) is 17.8 Å². The van der Waals surface area contributed by atoms with Crippen molar-refractivity contribution in [3.05, 3.63) is 89.9 Å². The molecule has 0 spiro atoms. The molecular formula is C24H25FN4O2.